The topological polar surface area (TPSA) is 69.7 Å². The van der Waals surface area contributed by atoms with E-state index in [1.807, 2.05) is 30.3 Å². The highest BCUT2D eigenvalue weighted by atomic mass is 16.2. The molecule has 0 unspecified atom stereocenters. The smallest absolute Gasteiger partial charge is 0.247 e. The second kappa shape index (κ2) is 5.44. The highest BCUT2D eigenvalue weighted by Gasteiger charge is 2.69. The number of hydrogen-bond donors (Lipinski definition) is 1. The first kappa shape index (κ1) is 17.8. The lowest BCUT2D eigenvalue weighted by Gasteiger charge is -2.45. The number of carbonyl (C=O) groups excluding carboxylic acids is 3. The zero-order valence-electron chi connectivity index (χ0n) is 16.2. The summed E-state index contributed by atoms with van der Waals surface area (Å²) in [4.78, 5) is 42.0. The summed E-state index contributed by atoms with van der Waals surface area (Å²) >= 11 is 0. The van der Waals surface area contributed by atoms with Crippen molar-refractivity contribution < 1.29 is 14.4 Å². The van der Waals surface area contributed by atoms with Crippen LogP contribution < -0.4 is 10.2 Å². The lowest BCUT2D eigenvalue weighted by molar-refractivity contribution is -0.149. The van der Waals surface area contributed by atoms with Crippen LogP contribution in [0.1, 0.15) is 39.7 Å². The molecule has 142 valence electrons. The molecule has 4 atom stereocenters. The van der Waals surface area contributed by atoms with E-state index < -0.39 is 29.1 Å². The van der Waals surface area contributed by atoms with Crippen LogP contribution in [0.25, 0.3) is 0 Å². The van der Waals surface area contributed by atoms with Gasteiger partial charge in [0.15, 0.2) is 0 Å². The van der Waals surface area contributed by atoms with Crippen LogP contribution in [0.3, 0.4) is 0 Å². The Balaban J connectivity index is 2.04. The van der Waals surface area contributed by atoms with Crippen LogP contribution >= 0.6 is 0 Å². The summed E-state index contributed by atoms with van der Waals surface area (Å²) in [6.45, 7) is 11.4. The molecule has 0 spiro atoms. The Morgan fingerprint density at radius 3 is 2.63 bits per heavy atom. The number of hydrogen-bond acceptors (Lipinski definition) is 3. The third-order valence-corrected chi connectivity index (χ3v) is 6.73. The number of nitrogens with zero attached hydrogens (tertiary/aromatic N) is 2. The molecule has 6 heteroatoms. The summed E-state index contributed by atoms with van der Waals surface area (Å²) in [7, 11) is 0. The number of benzene rings is 1. The summed E-state index contributed by atoms with van der Waals surface area (Å²) < 4.78 is 0. The molecule has 0 aliphatic carbocycles. The van der Waals surface area contributed by atoms with Gasteiger partial charge in [-0.25, -0.2) is 0 Å². The second-order valence-electron chi connectivity index (χ2n) is 8.37. The highest BCUT2D eigenvalue weighted by Crippen LogP contribution is 2.62. The highest BCUT2D eigenvalue weighted by molar-refractivity contribution is 6.02. The van der Waals surface area contributed by atoms with E-state index in [0.29, 0.717) is 6.42 Å². The van der Waals surface area contributed by atoms with Gasteiger partial charge in [-0.3, -0.25) is 19.3 Å². The standard InChI is InChI=1S/C21H25N3O3/c1-6-20(4,5)21-11-16-17(26)22-12(2)18(27)24(16)19(21)23(13(3)25)15-10-8-7-9-14(15)21/h6-10,12,16,19H,1,11H2,2-5H3,(H,22,26)/t12-,16-,19+,21-/m1/s1. The Bertz CT molecular complexity index is 877. The predicted molar refractivity (Wildman–Crippen MR) is 102 cm³/mol. The van der Waals surface area contributed by atoms with Gasteiger partial charge in [-0.05, 0) is 30.4 Å². The molecule has 3 aliphatic rings. The lowest BCUT2D eigenvalue weighted by atomic mass is 9.60. The fourth-order valence-corrected chi connectivity index (χ4v) is 5.26. The number of amides is 3. The van der Waals surface area contributed by atoms with Gasteiger partial charge in [0.25, 0.3) is 0 Å². The minimum absolute atomic E-state index is 0.138. The van der Waals surface area contributed by atoms with E-state index in [1.165, 1.54) is 6.92 Å². The summed E-state index contributed by atoms with van der Waals surface area (Å²) in [6, 6.07) is 6.59. The van der Waals surface area contributed by atoms with Crippen molar-refractivity contribution in [3.05, 3.63) is 42.5 Å². The molecule has 0 saturated carbocycles. The molecule has 3 aliphatic heterocycles. The van der Waals surface area contributed by atoms with Crippen molar-refractivity contribution in [2.45, 2.75) is 57.8 Å². The molecule has 2 saturated heterocycles. The van der Waals surface area contributed by atoms with Crippen molar-refractivity contribution in [3.8, 4) is 0 Å². The van der Waals surface area contributed by atoms with Gasteiger partial charge in [0.05, 0.1) is 0 Å². The zero-order chi connectivity index (χ0) is 19.7. The van der Waals surface area contributed by atoms with E-state index in [0.717, 1.165) is 11.3 Å². The molecule has 3 amide bonds. The van der Waals surface area contributed by atoms with Crippen LogP contribution in [0.4, 0.5) is 5.69 Å². The van der Waals surface area contributed by atoms with Crippen molar-refractivity contribution in [3.63, 3.8) is 0 Å². The largest absolute Gasteiger partial charge is 0.343 e. The predicted octanol–water partition coefficient (Wildman–Crippen LogP) is 1.95. The first-order valence-corrected chi connectivity index (χ1v) is 9.33. The molecular weight excluding hydrogens is 342 g/mol. The maximum absolute atomic E-state index is 13.1. The fraction of sp³-hybridized carbons (Fsp3) is 0.476. The quantitative estimate of drug-likeness (QED) is 0.813. The van der Waals surface area contributed by atoms with Crippen LogP contribution in [0, 0.1) is 5.41 Å². The van der Waals surface area contributed by atoms with Gasteiger partial charge < -0.3 is 10.2 Å². The van der Waals surface area contributed by atoms with Crippen molar-refractivity contribution >= 4 is 23.4 Å². The number of nitrogens with one attached hydrogen (secondary N) is 1. The fourth-order valence-electron chi connectivity index (χ4n) is 5.26. The number of carbonyl (C=O) groups is 3. The van der Waals surface area contributed by atoms with Crippen LogP contribution in [-0.4, -0.2) is 40.9 Å². The molecule has 0 radical (unpaired) electrons. The van der Waals surface area contributed by atoms with Gasteiger partial charge >= 0.3 is 0 Å². The van der Waals surface area contributed by atoms with Crippen LogP contribution in [0.2, 0.25) is 0 Å². The van der Waals surface area contributed by atoms with Gasteiger partial charge in [0.2, 0.25) is 17.7 Å². The number of rotatable bonds is 2. The number of piperazine rings is 1. The maximum atomic E-state index is 13.1. The van der Waals surface area contributed by atoms with Crippen molar-refractivity contribution in [1.82, 2.24) is 10.2 Å². The zero-order valence-corrected chi connectivity index (χ0v) is 16.2. The summed E-state index contributed by atoms with van der Waals surface area (Å²) in [5.41, 5.74) is 0.769. The lowest BCUT2D eigenvalue weighted by Crippen LogP contribution is -2.65. The number of para-hydroxylation sites is 1. The number of anilines is 1. The monoisotopic (exact) mass is 367 g/mol. The van der Waals surface area contributed by atoms with Gasteiger partial charge in [0, 0.05) is 18.0 Å². The van der Waals surface area contributed by atoms with Gasteiger partial charge in [-0.1, -0.05) is 38.1 Å². The Hall–Kier alpha value is -2.63. The van der Waals surface area contributed by atoms with E-state index in [2.05, 4.69) is 25.7 Å². The Morgan fingerprint density at radius 1 is 1.33 bits per heavy atom. The SMILES string of the molecule is C=CC(C)(C)[C@@]12C[C@@H]3C(=O)N[C@H](C)C(=O)N3[C@@H]1N(C(C)=O)c1ccccc12. The van der Waals surface area contributed by atoms with Gasteiger partial charge in [0.1, 0.15) is 18.2 Å². The summed E-state index contributed by atoms with van der Waals surface area (Å²) in [5.74, 6) is -0.441. The molecular formula is C21H25N3O3. The third kappa shape index (κ3) is 1.98. The minimum Gasteiger partial charge on any atom is -0.343 e. The second-order valence-corrected chi connectivity index (χ2v) is 8.37. The van der Waals surface area contributed by atoms with E-state index in [4.69, 9.17) is 0 Å². The molecule has 27 heavy (non-hydrogen) atoms. The number of fused-ring (bicyclic) bond motifs is 5. The molecule has 0 bridgehead atoms. The summed E-state index contributed by atoms with van der Waals surface area (Å²) in [6.07, 6.45) is 1.80. The van der Waals surface area contributed by atoms with Crippen molar-refractivity contribution in [2.24, 2.45) is 5.41 Å². The molecule has 0 aromatic heterocycles. The van der Waals surface area contributed by atoms with Gasteiger partial charge in [-0.2, -0.15) is 0 Å². The Morgan fingerprint density at radius 2 is 2.00 bits per heavy atom. The molecule has 1 aromatic carbocycles. The normalized spacial score (nSPS) is 31.9. The van der Waals surface area contributed by atoms with E-state index >= 15 is 0 Å². The third-order valence-electron chi connectivity index (χ3n) is 6.73. The Kier molecular flexibility index (Phi) is 3.58. The van der Waals surface area contributed by atoms with Crippen molar-refractivity contribution in [2.75, 3.05) is 4.90 Å². The van der Waals surface area contributed by atoms with E-state index in [-0.39, 0.29) is 17.7 Å². The average molecular weight is 367 g/mol. The molecule has 1 aromatic rings. The first-order valence-electron chi connectivity index (χ1n) is 9.33. The maximum Gasteiger partial charge on any atom is 0.247 e. The molecule has 6 nitrogen and oxygen atoms in total. The van der Waals surface area contributed by atoms with Crippen molar-refractivity contribution in [1.29, 1.82) is 0 Å². The molecule has 3 heterocycles. The summed E-state index contributed by atoms with van der Waals surface area (Å²) in [5, 5.41) is 2.79. The van der Waals surface area contributed by atoms with Crippen LogP contribution in [0.5, 0.6) is 0 Å². The average Bonchev–Trinajstić information content (AvgIpc) is 3.11. The van der Waals surface area contributed by atoms with Crippen LogP contribution in [0.15, 0.2) is 36.9 Å². The molecule has 4 rings (SSSR count). The molecule has 2 fully saturated rings. The minimum atomic E-state index is -0.603. The van der Waals surface area contributed by atoms with Gasteiger partial charge in [-0.15, -0.1) is 6.58 Å². The Labute approximate surface area is 159 Å². The molecule has 1 N–H and O–H groups in total. The number of allylic oxidation sites excluding steroid dienone is 1. The van der Waals surface area contributed by atoms with E-state index in [1.54, 1.807) is 16.7 Å². The van der Waals surface area contributed by atoms with Crippen LogP contribution in [-0.2, 0) is 19.8 Å². The first-order chi connectivity index (χ1) is 12.7. The van der Waals surface area contributed by atoms with E-state index in [9.17, 15) is 14.4 Å².